The van der Waals surface area contributed by atoms with Crippen molar-refractivity contribution in [2.75, 3.05) is 19.6 Å². The van der Waals surface area contributed by atoms with Gasteiger partial charge in [-0.25, -0.2) is 13.2 Å². The zero-order chi connectivity index (χ0) is 21.8. The average Bonchev–Trinajstić information content (AvgIpc) is 3.14. The van der Waals surface area contributed by atoms with Crippen LogP contribution in [0.1, 0.15) is 50.5 Å². The average molecular weight is 466 g/mol. The van der Waals surface area contributed by atoms with E-state index in [0.717, 1.165) is 43.4 Å². The van der Waals surface area contributed by atoms with Crippen LogP contribution in [-0.4, -0.2) is 43.9 Å². The highest BCUT2D eigenvalue weighted by molar-refractivity contribution is 7.89. The molecule has 8 heteroatoms. The molecule has 5 aliphatic rings. The highest BCUT2D eigenvalue weighted by Gasteiger charge is 2.51. The van der Waals surface area contributed by atoms with E-state index in [2.05, 4.69) is 10.6 Å². The summed E-state index contributed by atoms with van der Waals surface area (Å²) >= 11 is 5.98. The maximum absolute atomic E-state index is 13.0. The van der Waals surface area contributed by atoms with Crippen LogP contribution in [0.15, 0.2) is 23.1 Å². The number of nitrogens with zero attached hydrogens (tertiary/aromatic N) is 1. The lowest BCUT2D eigenvalue weighted by Crippen LogP contribution is -2.61. The van der Waals surface area contributed by atoms with Crippen molar-refractivity contribution in [3.63, 3.8) is 0 Å². The molecular formula is C23H32ClN3O3S. The first kappa shape index (κ1) is 21.5. The summed E-state index contributed by atoms with van der Waals surface area (Å²) < 4.78 is 27.6. The van der Waals surface area contributed by atoms with Crippen molar-refractivity contribution in [2.24, 2.45) is 23.7 Å². The van der Waals surface area contributed by atoms with Gasteiger partial charge in [0.25, 0.3) is 0 Å². The summed E-state index contributed by atoms with van der Waals surface area (Å²) in [6, 6.07) is 4.79. The highest BCUT2D eigenvalue weighted by atomic mass is 35.5. The van der Waals surface area contributed by atoms with Crippen LogP contribution >= 0.6 is 11.6 Å². The normalized spacial score (nSPS) is 34.8. The summed E-state index contributed by atoms with van der Waals surface area (Å²) in [5.41, 5.74) is 0.653. The Morgan fingerprint density at radius 2 is 1.81 bits per heavy atom. The lowest BCUT2D eigenvalue weighted by atomic mass is 9.53. The number of halogens is 1. The third-order valence-corrected chi connectivity index (χ3v) is 10.2. The fourth-order valence-electron chi connectivity index (χ4n) is 7.01. The second-order valence-electron chi connectivity index (χ2n) is 10.5. The summed E-state index contributed by atoms with van der Waals surface area (Å²) in [4.78, 5) is 13.0. The van der Waals surface area contributed by atoms with Crippen LogP contribution < -0.4 is 10.6 Å². The molecule has 6 nitrogen and oxygen atoms in total. The molecule has 170 valence electrons. The molecule has 1 atom stereocenters. The van der Waals surface area contributed by atoms with E-state index in [1.165, 1.54) is 23.6 Å². The topological polar surface area (TPSA) is 78.5 Å². The van der Waals surface area contributed by atoms with Gasteiger partial charge in [0.2, 0.25) is 10.0 Å². The van der Waals surface area contributed by atoms with Crippen molar-refractivity contribution in [1.82, 2.24) is 14.9 Å². The van der Waals surface area contributed by atoms with Crippen LogP contribution in [0.5, 0.6) is 0 Å². The number of benzene rings is 1. The van der Waals surface area contributed by atoms with Gasteiger partial charge < -0.3 is 10.6 Å². The Morgan fingerprint density at radius 1 is 1.16 bits per heavy atom. The smallest absolute Gasteiger partial charge is 0.315 e. The maximum atomic E-state index is 13.0. The number of carbonyl (C=O) groups excluding carboxylic acids is 1. The Balaban J connectivity index is 1.15. The fraction of sp³-hybridized carbons (Fsp3) is 0.696. The predicted octanol–water partition coefficient (Wildman–Crippen LogP) is 3.93. The molecule has 0 aromatic heterocycles. The first-order valence-electron chi connectivity index (χ1n) is 11.5. The van der Waals surface area contributed by atoms with Gasteiger partial charge in [-0.15, -0.1) is 0 Å². The van der Waals surface area contributed by atoms with Crippen LogP contribution in [0.25, 0.3) is 0 Å². The summed E-state index contributed by atoms with van der Waals surface area (Å²) in [7, 11) is -3.55. The van der Waals surface area contributed by atoms with Crippen LogP contribution in [0.3, 0.4) is 0 Å². The number of rotatable bonds is 5. The number of sulfonamides is 1. The molecule has 0 spiro atoms. The molecule has 1 aromatic rings. The van der Waals surface area contributed by atoms with Crippen molar-refractivity contribution in [3.8, 4) is 0 Å². The minimum absolute atomic E-state index is 0.00397. The van der Waals surface area contributed by atoms with Crippen molar-refractivity contribution in [2.45, 2.75) is 62.3 Å². The van der Waals surface area contributed by atoms with Crippen molar-refractivity contribution >= 4 is 27.7 Å². The first-order valence-corrected chi connectivity index (χ1v) is 13.4. The highest BCUT2D eigenvalue weighted by Crippen LogP contribution is 2.55. The Morgan fingerprint density at radius 3 is 2.42 bits per heavy atom. The molecular weight excluding hydrogens is 434 g/mol. The number of hydrogen-bond donors (Lipinski definition) is 2. The molecule has 6 rings (SSSR count). The fourth-order valence-corrected chi connectivity index (χ4v) is 8.97. The maximum Gasteiger partial charge on any atom is 0.315 e. The van der Waals surface area contributed by atoms with Gasteiger partial charge in [-0.2, -0.15) is 4.31 Å². The number of aryl methyl sites for hydroxylation is 1. The van der Waals surface area contributed by atoms with E-state index in [0.29, 0.717) is 35.1 Å². The van der Waals surface area contributed by atoms with Crippen molar-refractivity contribution < 1.29 is 13.2 Å². The molecule has 2 amide bonds. The van der Waals surface area contributed by atoms with Gasteiger partial charge in [0.1, 0.15) is 0 Å². The standard InChI is InChI=1S/C23H32ClN3O3S/c1-15-6-20(24)2-3-21(15)31(29,30)27-5-4-16(14-27)13-25-22(28)26-23-10-17-7-18(11-23)9-19(8-17)12-23/h2-3,6,16-19H,4-5,7-14H2,1H3,(H2,25,26,28). The van der Waals surface area contributed by atoms with Gasteiger partial charge in [0.15, 0.2) is 0 Å². The lowest BCUT2D eigenvalue weighted by molar-refractivity contribution is -0.0135. The minimum atomic E-state index is -3.55. The van der Waals surface area contributed by atoms with Gasteiger partial charge in [-0.05, 0) is 99.3 Å². The summed E-state index contributed by atoms with van der Waals surface area (Å²) in [5.74, 6) is 2.49. The number of carbonyl (C=O) groups is 1. The molecule has 2 N–H and O–H groups in total. The molecule has 4 aliphatic carbocycles. The molecule has 1 heterocycles. The van der Waals surface area contributed by atoms with Gasteiger partial charge in [-0.3, -0.25) is 0 Å². The number of amides is 2. The van der Waals surface area contributed by atoms with E-state index < -0.39 is 10.0 Å². The third kappa shape index (κ3) is 4.21. The van der Waals surface area contributed by atoms with Gasteiger partial charge >= 0.3 is 6.03 Å². The Bertz CT molecular complexity index is 945. The second-order valence-corrected chi connectivity index (χ2v) is 12.8. The minimum Gasteiger partial charge on any atom is -0.338 e. The van der Waals surface area contributed by atoms with Gasteiger partial charge in [0.05, 0.1) is 4.90 Å². The van der Waals surface area contributed by atoms with Crippen LogP contribution in [-0.2, 0) is 10.0 Å². The number of hydrogen-bond acceptors (Lipinski definition) is 3. The largest absolute Gasteiger partial charge is 0.338 e. The van der Waals surface area contributed by atoms with E-state index in [4.69, 9.17) is 11.6 Å². The van der Waals surface area contributed by atoms with Gasteiger partial charge in [-0.1, -0.05) is 11.6 Å². The van der Waals surface area contributed by atoms with Crippen LogP contribution in [0.4, 0.5) is 4.79 Å². The molecule has 4 bridgehead atoms. The Labute approximate surface area is 190 Å². The van der Waals surface area contributed by atoms with E-state index in [1.54, 1.807) is 25.1 Å². The van der Waals surface area contributed by atoms with Crippen molar-refractivity contribution in [1.29, 1.82) is 0 Å². The van der Waals surface area contributed by atoms with Crippen LogP contribution in [0, 0.1) is 30.6 Å². The van der Waals surface area contributed by atoms with Crippen LogP contribution in [0.2, 0.25) is 5.02 Å². The lowest BCUT2D eigenvalue weighted by Gasteiger charge is -2.56. The first-order chi connectivity index (χ1) is 14.7. The summed E-state index contributed by atoms with van der Waals surface area (Å²) in [6.45, 7) is 3.18. The zero-order valence-electron chi connectivity index (χ0n) is 18.1. The quantitative estimate of drug-likeness (QED) is 0.691. The SMILES string of the molecule is Cc1cc(Cl)ccc1S(=O)(=O)N1CCC(CNC(=O)NC23CC4CC(CC(C4)C2)C3)C1. The molecule has 1 unspecified atom stereocenters. The van der Waals surface area contributed by atoms with E-state index in [1.807, 2.05) is 0 Å². The molecule has 1 saturated heterocycles. The number of urea groups is 1. The number of nitrogens with one attached hydrogen (secondary N) is 2. The molecule has 5 fully saturated rings. The molecule has 1 aromatic carbocycles. The molecule has 31 heavy (non-hydrogen) atoms. The molecule has 0 radical (unpaired) electrons. The Hall–Kier alpha value is -1.31. The Kier molecular flexibility index (Phi) is 5.50. The third-order valence-electron chi connectivity index (χ3n) is 7.97. The second kappa shape index (κ2) is 7.92. The van der Waals surface area contributed by atoms with E-state index >= 15 is 0 Å². The van der Waals surface area contributed by atoms with Gasteiger partial charge in [0, 0.05) is 30.2 Å². The molecule has 4 saturated carbocycles. The monoisotopic (exact) mass is 465 g/mol. The molecule has 1 aliphatic heterocycles. The van der Waals surface area contributed by atoms with Crippen molar-refractivity contribution in [3.05, 3.63) is 28.8 Å². The summed E-state index contributed by atoms with van der Waals surface area (Å²) in [5, 5.41) is 6.91. The van der Waals surface area contributed by atoms with E-state index in [9.17, 15) is 13.2 Å². The predicted molar refractivity (Wildman–Crippen MR) is 120 cm³/mol. The van der Waals surface area contributed by atoms with E-state index in [-0.39, 0.29) is 17.5 Å². The zero-order valence-corrected chi connectivity index (χ0v) is 19.6. The summed E-state index contributed by atoms with van der Waals surface area (Å²) in [6.07, 6.45) is 8.18.